The summed E-state index contributed by atoms with van der Waals surface area (Å²) in [4.78, 5) is 3.95. The molecule has 0 aliphatic heterocycles. The Hall–Kier alpha value is -0.500. The van der Waals surface area contributed by atoms with Gasteiger partial charge in [0.25, 0.3) is 10.0 Å². The molecule has 0 bridgehead atoms. The summed E-state index contributed by atoms with van der Waals surface area (Å²) >= 11 is 1.18. The van der Waals surface area contributed by atoms with E-state index in [9.17, 15) is 13.5 Å². The number of sulfonamides is 1. The van der Waals surface area contributed by atoms with E-state index >= 15 is 0 Å². The Kier molecular flexibility index (Phi) is 4.37. The molecule has 0 spiro atoms. The molecule has 102 valence electrons. The first-order valence-electron chi connectivity index (χ1n) is 6.07. The van der Waals surface area contributed by atoms with Crippen LogP contribution in [0.5, 0.6) is 0 Å². The van der Waals surface area contributed by atoms with Crippen LogP contribution in [0, 0.1) is 12.8 Å². The Bertz CT molecular complexity index is 490. The highest BCUT2D eigenvalue weighted by molar-refractivity contribution is 7.91. The lowest BCUT2D eigenvalue weighted by Gasteiger charge is -2.25. The second-order valence-electron chi connectivity index (χ2n) is 4.72. The average molecular weight is 290 g/mol. The predicted molar refractivity (Wildman–Crippen MR) is 70.0 cm³/mol. The molecule has 1 aliphatic rings. The van der Waals surface area contributed by atoms with E-state index in [1.807, 2.05) is 0 Å². The van der Waals surface area contributed by atoms with Gasteiger partial charge >= 0.3 is 0 Å². The van der Waals surface area contributed by atoms with E-state index in [4.69, 9.17) is 0 Å². The fourth-order valence-electron chi connectivity index (χ4n) is 2.11. The minimum absolute atomic E-state index is 0.206. The number of aryl methyl sites for hydroxylation is 1. The number of nitrogens with one attached hydrogen (secondary N) is 1. The van der Waals surface area contributed by atoms with Gasteiger partial charge in [-0.1, -0.05) is 0 Å². The molecule has 1 aliphatic carbocycles. The highest BCUT2D eigenvalue weighted by Crippen LogP contribution is 2.24. The van der Waals surface area contributed by atoms with Crippen molar-refractivity contribution in [1.82, 2.24) is 9.71 Å². The Balaban J connectivity index is 1.90. The van der Waals surface area contributed by atoms with Gasteiger partial charge in [-0.05, 0) is 38.5 Å². The maximum absolute atomic E-state index is 12.0. The number of aliphatic hydroxyl groups excluding tert-OH is 1. The first kappa shape index (κ1) is 13.9. The first-order chi connectivity index (χ1) is 8.47. The van der Waals surface area contributed by atoms with Crippen molar-refractivity contribution in [2.75, 3.05) is 6.54 Å². The second kappa shape index (κ2) is 5.64. The van der Waals surface area contributed by atoms with Crippen molar-refractivity contribution < 1.29 is 13.5 Å². The molecule has 7 heteroatoms. The molecule has 0 radical (unpaired) electrons. The van der Waals surface area contributed by atoms with Crippen LogP contribution in [0.2, 0.25) is 0 Å². The lowest BCUT2D eigenvalue weighted by Crippen LogP contribution is -2.31. The molecular weight excluding hydrogens is 272 g/mol. The van der Waals surface area contributed by atoms with Crippen molar-refractivity contribution in [2.24, 2.45) is 5.92 Å². The Labute approximate surface area is 111 Å². The van der Waals surface area contributed by atoms with Gasteiger partial charge in [0.2, 0.25) is 0 Å². The Morgan fingerprint density at radius 3 is 2.67 bits per heavy atom. The number of hydrogen-bond donors (Lipinski definition) is 2. The Morgan fingerprint density at radius 2 is 2.11 bits per heavy atom. The maximum atomic E-state index is 12.0. The summed E-state index contributed by atoms with van der Waals surface area (Å²) in [5, 5.41) is 10.1. The molecule has 1 heterocycles. The smallest absolute Gasteiger partial charge is 0.251 e. The number of hydrogen-bond acceptors (Lipinski definition) is 5. The maximum Gasteiger partial charge on any atom is 0.251 e. The first-order valence-corrected chi connectivity index (χ1v) is 8.37. The number of aromatic nitrogens is 1. The van der Waals surface area contributed by atoms with Crippen LogP contribution in [0.3, 0.4) is 0 Å². The zero-order valence-corrected chi connectivity index (χ0v) is 11.9. The lowest BCUT2D eigenvalue weighted by atomic mass is 9.88. The minimum atomic E-state index is -3.41. The third-order valence-electron chi connectivity index (χ3n) is 3.24. The molecule has 0 amide bonds. The third-order valence-corrected chi connectivity index (χ3v) is 6.04. The van der Waals surface area contributed by atoms with E-state index < -0.39 is 10.0 Å². The molecule has 2 N–H and O–H groups in total. The number of thiazole rings is 1. The van der Waals surface area contributed by atoms with Crippen LogP contribution in [0.15, 0.2) is 10.4 Å². The quantitative estimate of drug-likeness (QED) is 0.875. The van der Waals surface area contributed by atoms with E-state index in [-0.39, 0.29) is 10.3 Å². The molecular formula is C11H18N2O3S2. The molecule has 0 aromatic carbocycles. The van der Waals surface area contributed by atoms with Crippen molar-refractivity contribution in [3.8, 4) is 0 Å². The van der Waals surface area contributed by atoms with Gasteiger partial charge in [0.05, 0.1) is 17.3 Å². The van der Waals surface area contributed by atoms with Crippen LogP contribution in [-0.2, 0) is 10.0 Å². The van der Waals surface area contributed by atoms with E-state index in [0.717, 1.165) is 30.7 Å². The van der Waals surface area contributed by atoms with E-state index in [1.165, 1.54) is 17.5 Å². The third kappa shape index (κ3) is 3.50. The fraction of sp³-hybridized carbons (Fsp3) is 0.727. The van der Waals surface area contributed by atoms with E-state index in [2.05, 4.69) is 9.71 Å². The summed E-state index contributed by atoms with van der Waals surface area (Å²) in [5.41, 5.74) is 0. The van der Waals surface area contributed by atoms with Crippen LogP contribution in [0.4, 0.5) is 0 Å². The normalized spacial score (nSPS) is 25.2. The number of rotatable bonds is 4. The topological polar surface area (TPSA) is 79.3 Å². The van der Waals surface area contributed by atoms with E-state index in [0.29, 0.717) is 12.5 Å². The minimum Gasteiger partial charge on any atom is -0.393 e. The van der Waals surface area contributed by atoms with Crippen molar-refractivity contribution in [3.63, 3.8) is 0 Å². The largest absolute Gasteiger partial charge is 0.393 e. The molecule has 5 nitrogen and oxygen atoms in total. The zero-order chi connectivity index (χ0) is 13.2. The Morgan fingerprint density at radius 1 is 1.44 bits per heavy atom. The van der Waals surface area contributed by atoms with Crippen LogP contribution in [0.1, 0.15) is 30.7 Å². The summed E-state index contributed by atoms with van der Waals surface area (Å²) < 4.78 is 26.8. The predicted octanol–water partition coefficient (Wildman–Crippen LogP) is 1.28. The van der Waals surface area contributed by atoms with Gasteiger partial charge in [-0.3, -0.25) is 0 Å². The second-order valence-corrected chi connectivity index (χ2v) is 7.95. The number of nitrogens with zero attached hydrogens (tertiary/aromatic N) is 1. The SMILES string of the molecule is Cc1ncc(S(=O)(=O)NCC2CCC(O)CC2)s1. The highest BCUT2D eigenvalue weighted by Gasteiger charge is 2.22. The fourth-order valence-corrected chi connectivity index (χ4v) is 4.38. The van der Waals surface area contributed by atoms with Gasteiger partial charge in [-0.2, -0.15) is 0 Å². The zero-order valence-electron chi connectivity index (χ0n) is 10.3. The van der Waals surface area contributed by atoms with Crippen LogP contribution >= 0.6 is 11.3 Å². The highest BCUT2D eigenvalue weighted by atomic mass is 32.2. The summed E-state index contributed by atoms with van der Waals surface area (Å²) in [6, 6.07) is 0. The van der Waals surface area contributed by atoms with Crippen LogP contribution < -0.4 is 4.72 Å². The molecule has 0 saturated heterocycles. The van der Waals surface area contributed by atoms with Crippen molar-refractivity contribution in [3.05, 3.63) is 11.2 Å². The van der Waals surface area contributed by atoms with Gasteiger partial charge < -0.3 is 5.11 Å². The molecule has 1 aromatic rings. The average Bonchev–Trinajstić information content (AvgIpc) is 2.76. The summed E-state index contributed by atoms with van der Waals surface area (Å²) in [5.74, 6) is 0.331. The molecule has 0 atom stereocenters. The van der Waals surface area contributed by atoms with Gasteiger partial charge in [0, 0.05) is 6.54 Å². The van der Waals surface area contributed by atoms with Crippen molar-refractivity contribution >= 4 is 21.4 Å². The standard InChI is InChI=1S/C11H18N2O3S2/c1-8-12-7-11(17-8)18(15,16)13-6-9-2-4-10(14)5-3-9/h7,9-10,13-14H,2-6H2,1H3. The summed E-state index contributed by atoms with van der Waals surface area (Å²) in [7, 11) is -3.41. The molecule has 1 fully saturated rings. The van der Waals surface area contributed by atoms with Crippen molar-refractivity contribution in [2.45, 2.75) is 42.9 Å². The molecule has 18 heavy (non-hydrogen) atoms. The van der Waals surface area contributed by atoms with Crippen LogP contribution in [0.25, 0.3) is 0 Å². The molecule has 0 unspecified atom stereocenters. The van der Waals surface area contributed by atoms with Gasteiger partial charge in [0.1, 0.15) is 0 Å². The molecule has 1 saturated carbocycles. The van der Waals surface area contributed by atoms with Crippen LogP contribution in [-0.4, -0.2) is 31.2 Å². The van der Waals surface area contributed by atoms with Gasteiger partial charge in [-0.25, -0.2) is 18.1 Å². The number of aliphatic hydroxyl groups is 1. The monoisotopic (exact) mass is 290 g/mol. The van der Waals surface area contributed by atoms with Gasteiger partial charge in [0.15, 0.2) is 4.21 Å². The molecule has 2 rings (SSSR count). The lowest BCUT2D eigenvalue weighted by molar-refractivity contribution is 0.110. The summed E-state index contributed by atoms with van der Waals surface area (Å²) in [6.07, 6.45) is 4.49. The van der Waals surface area contributed by atoms with Gasteiger partial charge in [-0.15, -0.1) is 11.3 Å². The molecule has 1 aromatic heterocycles. The van der Waals surface area contributed by atoms with E-state index in [1.54, 1.807) is 6.92 Å². The van der Waals surface area contributed by atoms with Crippen molar-refractivity contribution in [1.29, 1.82) is 0 Å². The summed E-state index contributed by atoms with van der Waals surface area (Å²) in [6.45, 7) is 2.23.